The molecule has 0 aliphatic rings. The zero-order valence-electron chi connectivity index (χ0n) is 10.2. The molecule has 0 fully saturated rings. The Kier molecular flexibility index (Phi) is 3.51. The fourth-order valence-electron chi connectivity index (χ4n) is 1.60. The Labute approximate surface area is 109 Å². The van der Waals surface area contributed by atoms with Gasteiger partial charge in [0.05, 0.1) is 4.92 Å². The van der Waals surface area contributed by atoms with E-state index in [0.29, 0.717) is 5.82 Å². The van der Waals surface area contributed by atoms with Crippen LogP contribution in [-0.2, 0) is 0 Å². The van der Waals surface area contributed by atoms with E-state index in [1.54, 1.807) is 31.4 Å². The second-order valence-electron chi connectivity index (χ2n) is 3.86. The molecule has 1 aromatic carbocycles. The summed E-state index contributed by atoms with van der Waals surface area (Å²) in [5.74, 6) is 0.140. The summed E-state index contributed by atoms with van der Waals surface area (Å²) in [6.07, 6.45) is 1.58. The Morgan fingerprint density at radius 2 is 2.05 bits per heavy atom. The van der Waals surface area contributed by atoms with Gasteiger partial charge in [-0.05, 0) is 18.2 Å². The number of hydrogen-bond acceptors (Lipinski definition) is 4. The van der Waals surface area contributed by atoms with E-state index in [4.69, 9.17) is 0 Å². The first kappa shape index (κ1) is 12.7. The van der Waals surface area contributed by atoms with E-state index in [0.717, 1.165) is 0 Å². The summed E-state index contributed by atoms with van der Waals surface area (Å²) >= 11 is 0. The van der Waals surface area contributed by atoms with Crippen LogP contribution < -0.4 is 4.90 Å². The van der Waals surface area contributed by atoms with Gasteiger partial charge in [-0.2, -0.15) is 0 Å². The highest BCUT2D eigenvalue weighted by Gasteiger charge is 2.16. The predicted octanol–water partition coefficient (Wildman–Crippen LogP) is 2.27. The van der Waals surface area contributed by atoms with Crippen molar-refractivity contribution in [2.75, 3.05) is 11.9 Å². The molecule has 19 heavy (non-hydrogen) atoms. The first-order valence-corrected chi connectivity index (χ1v) is 5.53. The Bertz CT molecular complexity index is 614. The normalized spacial score (nSPS) is 9.95. The van der Waals surface area contributed by atoms with E-state index in [-0.39, 0.29) is 17.2 Å². The number of rotatable bonds is 3. The molecule has 0 N–H and O–H groups in total. The van der Waals surface area contributed by atoms with Crippen LogP contribution in [0.15, 0.2) is 48.7 Å². The van der Waals surface area contributed by atoms with E-state index >= 15 is 0 Å². The minimum atomic E-state index is -0.530. The molecule has 0 atom stereocenters. The molecule has 0 bridgehead atoms. The van der Waals surface area contributed by atoms with E-state index < -0.39 is 4.92 Å². The zero-order chi connectivity index (χ0) is 13.8. The zero-order valence-corrected chi connectivity index (χ0v) is 10.2. The molecule has 1 amide bonds. The molecule has 96 valence electrons. The molecular weight excluding hydrogens is 246 g/mol. The number of amides is 1. The number of non-ortho nitro benzene ring substituents is 1. The lowest BCUT2D eigenvalue weighted by Crippen LogP contribution is -2.26. The Morgan fingerprint density at radius 3 is 2.68 bits per heavy atom. The van der Waals surface area contributed by atoms with E-state index in [2.05, 4.69) is 4.98 Å². The third-order valence-corrected chi connectivity index (χ3v) is 2.60. The van der Waals surface area contributed by atoms with Crippen LogP contribution in [0.1, 0.15) is 10.4 Å². The number of hydrogen-bond donors (Lipinski definition) is 0. The van der Waals surface area contributed by atoms with Gasteiger partial charge < -0.3 is 0 Å². The highest BCUT2D eigenvalue weighted by molar-refractivity contribution is 6.05. The Hall–Kier alpha value is -2.76. The second-order valence-corrected chi connectivity index (χ2v) is 3.86. The van der Waals surface area contributed by atoms with E-state index in [9.17, 15) is 14.9 Å². The van der Waals surface area contributed by atoms with Gasteiger partial charge >= 0.3 is 0 Å². The van der Waals surface area contributed by atoms with Crippen molar-refractivity contribution in [1.82, 2.24) is 4.98 Å². The summed E-state index contributed by atoms with van der Waals surface area (Å²) in [5, 5.41) is 10.7. The molecule has 0 unspecified atom stereocenters. The van der Waals surface area contributed by atoms with Crippen LogP contribution in [0.5, 0.6) is 0 Å². The highest BCUT2D eigenvalue weighted by atomic mass is 16.6. The van der Waals surface area contributed by atoms with Gasteiger partial charge in [-0.15, -0.1) is 0 Å². The Balaban J connectivity index is 2.29. The molecule has 0 aliphatic carbocycles. The number of carbonyl (C=O) groups excluding carboxylic acids is 1. The molecule has 1 heterocycles. The standard InChI is InChI=1S/C13H11N3O3/c1-15(12-7-2-3-8-14-12)13(17)10-5-4-6-11(9-10)16(18)19/h2-9H,1H3. The third-order valence-electron chi connectivity index (χ3n) is 2.60. The molecule has 6 nitrogen and oxygen atoms in total. The number of anilines is 1. The minimum absolute atomic E-state index is 0.111. The predicted molar refractivity (Wildman–Crippen MR) is 70.1 cm³/mol. The van der Waals surface area contributed by atoms with Crippen molar-refractivity contribution in [2.45, 2.75) is 0 Å². The number of carbonyl (C=O) groups is 1. The summed E-state index contributed by atoms with van der Waals surface area (Å²) in [6.45, 7) is 0. The SMILES string of the molecule is CN(C(=O)c1cccc([N+](=O)[O-])c1)c1ccccn1. The molecule has 0 aliphatic heterocycles. The number of nitro groups is 1. The van der Waals surface area contributed by atoms with Crippen molar-refractivity contribution in [3.63, 3.8) is 0 Å². The van der Waals surface area contributed by atoms with Crippen LogP contribution in [-0.4, -0.2) is 22.9 Å². The number of pyridine rings is 1. The van der Waals surface area contributed by atoms with Crippen molar-refractivity contribution < 1.29 is 9.72 Å². The smallest absolute Gasteiger partial charge is 0.270 e. The summed E-state index contributed by atoms with van der Waals surface area (Å²) in [6, 6.07) is 10.8. The number of nitro benzene ring substituents is 1. The van der Waals surface area contributed by atoms with Crippen molar-refractivity contribution in [1.29, 1.82) is 0 Å². The van der Waals surface area contributed by atoms with Crippen LogP contribution in [0.25, 0.3) is 0 Å². The van der Waals surface area contributed by atoms with Crippen molar-refractivity contribution in [3.8, 4) is 0 Å². The number of nitrogens with zero attached hydrogens (tertiary/aromatic N) is 3. The number of benzene rings is 1. The van der Waals surface area contributed by atoms with Crippen LogP contribution in [0.3, 0.4) is 0 Å². The molecule has 1 aromatic heterocycles. The van der Waals surface area contributed by atoms with Gasteiger partial charge in [-0.25, -0.2) is 4.98 Å². The first-order chi connectivity index (χ1) is 9.09. The number of aromatic nitrogens is 1. The Morgan fingerprint density at radius 1 is 1.26 bits per heavy atom. The van der Waals surface area contributed by atoms with Gasteiger partial charge in [0.25, 0.3) is 11.6 Å². The lowest BCUT2D eigenvalue weighted by molar-refractivity contribution is -0.384. The average molecular weight is 257 g/mol. The highest BCUT2D eigenvalue weighted by Crippen LogP contribution is 2.16. The molecule has 0 spiro atoms. The van der Waals surface area contributed by atoms with Crippen LogP contribution in [0.2, 0.25) is 0 Å². The van der Waals surface area contributed by atoms with Gasteiger partial charge in [0.15, 0.2) is 0 Å². The first-order valence-electron chi connectivity index (χ1n) is 5.53. The maximum Gasteiger partial charge on any atom is 0.270 e. The molecule has 0 radical (unpaired) electrons. The summed E-state index contributed by atoms with van der Waals surface area (Å²) in [5.41, 5.74) is 0.141. The van der Waals surface area contributed by atoms with Gasteiger partial charge in [0.2, 0.25) is 0 Å². The van der Waals surface area contributed by atoms with Gasteiger partial charge in [-0.3, -0.25) is 19.8 Å². The lowest BCUT2D eigenvalue weighted by Gasteiger charge is -2.15. The average Bonchev–Trinajstić information content (AvgIpc) is 2.46. The van der Waals surface area contributed by atoms with Crippen molar-refractivity contribution in [3.05, 3.63) is 64.3 Å². The molecule has 0 saturated carbocycles. The van der Waals surface area contributed by atoms with Crippen LogP contribution in [0, 0.1) is 10.1 Å². The lowest BCUT2D eigenvalue weighted by atomic mass is 10.2. The van der Waals surface area contributed by atoms with Gasteiger partial charge in [0.1, 0.15) is 5.82 Å². The summed E-state index contributed by atoms with van der Waals surface area (Å²) in [7, 11) is 1.57. The van der Waals surface area contributed by atoms with Crippen LogP contribution >= 0.6 is 0 Å². The quantitative estimate of drug-likeness (QED) is 0.624. The van der Waals surface area contributed by atoms with E-state index in [1.165, 1.54) is 29.2 Å². The molecule has 6 heteroatoms. The van der Waals surface area contributed by atoms with Gasteiger partial charge in [-0.1, -0.05) is 12.1 Å². The van der Waals surface area contributed by atoms with Crippen LogP contribution in [0.4, 0.5) is 11.5 Å². The minimum Gasteiger partial charge on any atom is -0.296 e. The third kappa shape index (κ3) is 2.74. The van der Waals surface area contributed by atoms with E-state index in [1.807, 2.05) is 0 Å². The summed E-state index contributed by atoms with van der Waals surface area (Å²) < 4.78 is 0. The molecule has 0 saturated heterocycles. The molecule has 2 rings (SSSR count). The summed E-state index contributed by atoms with van der Waals surface area (Å²) in [4.78, 5) is 27.7. The second kappa shape index (κ2) is 5.26. The van der Waals surface area contributed by atoms with Gasteiger partial charge in [0, 0.05) is 30.9 Å². The fourth-order valence-corrected chi connectivity index (χ4v) is 1.60. The maximum absolute atomic E-state index is 12.2. The topological polar surface area (TPSA) is 76.3 Å². The molecular formula is C13H11N3O3. The largest absolute Gasteiger partial charge is 0.296 e. The monoisotopic (exact) mass is 257 g/mol. The molecule has 2 aromatic rings. The fraction of sp³-hybridized carbons (Fsp3) is 0.0769. The van der Waals surface area contributed by atoms with Crippen molar-refractivity contribution >= 4 is 17.4 Å². The maximum atomic E-state index is 12.2. The van der Waals surface area contributed by atoms with Crippen molar-refractivity contribution in [2.24, 2.45) is 0 Å².